The molecule has 0 bridgehead atoms. The first-order chi connectivity index (χ1) is 9.28. The summed E-state index contributed by atoms with van der Waals surface area (Å²) >= 11 is 0. The predicted octanol–water partition coefficient (Wildman–Crippen LogP) is 2.12. The molecule has 1 aliphatic carbocycles. The molecule has 1 aromatic carbocycles. The average molecular weight is 256 g/mol. The summed E-state index contributed by atoms with van der Waals surface area (Å²) in [6, 6.07) is 7.20. The van der Waals surface area contributed by atoms with Gasteiger partial charge in [-0.2, -0.15) is 0 Å². The van der Waals surface area contributed by atoms with E-state index >= 15 is 0 Å². The van der Waals surface area contributed by atoms with Crippen LogP contribution in [0.5, 0.6) is 0 Å². The summed E-state index contributed by atoms with van der Waals surface area (Å²) < 4.78 is 0. The third-order valence-electron chi connectivity index (χ3n) is 5.07. The number of nitrogens with one attached hydrogen (secondary N) is 1. The standard InChI is InChI=1S/C16H20N2O/c1-18-8-10(9-19)5-13-12-3-2-4-14-16(12)11(7-17-14)6-15(13)18/h2-4,7,10,13,15,17,19H,5-6,8-9H2,1H3/t10?,13-,15-/m0/s1. The van der Waals surface area contributed by atoms with E-state index in [2.05, 4.69) is 41.3 Å². The molecule has 3 heteroatoms. The predicted molar refractivity (Wildman–Crippen MR) is 76.4 cm³/mol. The number of H-pyrrole nitrogens is 1. The van der Waals surface area contributed by atoms with Crippen LogP contribution in [-0.2, 0) is 6.42 Å². The van der Waals surface area contributed by atoms with Gasteiger partial charge in [-0.1, -0.05) is 12.1 Å². The smallest absolute Gasteiger partial charge is 0.0471 e. The van der Waals surface area contributed by atoms with E-state index in [0.29, 0.717) is 24.5 Å². The lowest BCUT2D eigenvalue weighted by Gasteiger charge is -2.45. The molecule has 1 unspecified atom stereocenters. The normalized spacial score (nSPS) is 30.5. The lowest BCUT2D eigenvalue weighted by Crippen LogP contribution is -2.48. The third-order valence-corrected chi connectivity index (χ3v) is 5.07. The lowest BCUT2D eigenvalue weighted by atomic mass is 9.72. The van der Waals surface area contributed by atoms with Gasteiger partial charge in [0.15, 0.2) is 0 Å². The Hall–Kier alpha value is -1.32. The van der Waals surface area contributed by atoms with Crippen molar-refractivity contribution in [3.8, 4) is 0 Å². The fraction of sp³-hybridized carbons (Fsp3) is 0.500. The Bertz CT molecular complexity index is 618. The van der Waals surface area contributed by atoms with Gasteiger partial charge in [0.2, 0.25) is 0 Å². The number of aromatic nitrogens is 1. The molecule has 3 nitrogen and oxygen atoms in total. The second kappa shape index (κ2) is 4.09. The fourth-order valence-corrected chi connectivity index (χ4v) is 4.19. The first-order valence-electron chi connectivity index (χ1n) is 7.18. The van der Waals surface area contributed by atoms with Crippen molar-refractivity contribution >= 4 is 10.9 Å². The third kappa shape index (κ3) is 1.58. The van der Waals surface area contributed by atoms with Crippen molar-refractivity contribution in [3.63, 3.8) is 0 Å². The summed E-state index contributed by atoms with van der Waals surface area (Å²) in [6.45, 7) is 1.33. The Labute approximate surface area is 113 Å². The number of likely N-dealkylation sites (tertiary alicyclic amines) is 1. The Morgan fingerprint density at radius 2 is 2.32 bits per heavy atom. The molecule has 4 rings (SSSR count). The van der Waals surface area contributed by atoms with Crippen LogP contribution >= 0.6 is 0 Å². The van der Waals surface area contributed by atoms with E-state index < -0.39 is 0 Å². The van der Waals surface area contributed by atoms with E-state index in [1.165, 1.54) is 22.0 Å². The van der Waals surface area contributed by atoms with E-state index in [1.807, 2.05) is 0 Å². The summed E-state index contributed by atoms with van der Waals surface area (Å²) in [6.07, 6.45) is 4.43. The first kappa shape index (κ1) is 11.5. The van der Waals surface area contributed by atoms with Gasteiger partial charge in [0, 0.05) is 42.2 Å². The summed E-state index contributed by atoms with van der Waals surface area (Å²) in [4.78, 5) is 5.85. The first-order valence-corrected chi connectivity index (χ1v) is 7.18. The van der Waals surface area contributed by atoms with Gasteiger partial charge in [-0.15, -0.1) is 0 Å². The maximum absolute atomic E-state index is 9.52. The van der Waals surface area contributed by atoms with Crippen LogP contribution in [0.3, 0.4) is 0 Å². The van der Waals surface area contributed by atoms with Crippen LogP contribution < -0.4 is 0 Å². The maximum atomic E-state index is 9.52. The molecular weight excluding hydrogens is 236 g/mol. The number of nitrogens with zero attached hydrogens (tertiary/aromatic N) is 1. The van der Waals surface area contributed by atoms with Crippen molar-refractivity contribution in [2.24, 2.45) is 5.92 Å². The summed E-state index contributed by atoms with van der Waals surface area (Å²) in [5.74, 6) is 0.991. The second-order valence-electron chi connectivity index (χ2n) is 6.19. The molecule has 1 aliphatic heterocycles. The zero-order valence-corrected chi connectivity index (χ0v) is 11.3. The van der Waals surface area contributed by atoms with Crippen LogP contribution in [0, 0.1) is 5.92 Å². The molecule has 19 heavy (non-hydrogen) atoms. The summed E-state index contributed by atoms with van der Waals surface area (Å²) in [5.41, 5.74) is 4.20. The molecule has 0 spiro atoms. The second-order valence-corrected chi connectivity index (χ2v) is 6.19. The van der Waals surface area contributed by atoms with E-state index in [-0.39, 0.29) is 0 Å². The highest BCUT2D eigenvalue weighted by Crippen LogP contribution is 2.44. The quantitative estimate of drug-likeness (QED) is 0.820. The summed E-state index contributed by atoms with van der Waals surface area (Å²) in [7, 11) is 2.21. The van der Waals surface area contributed by atoms with Crippen molar-refractivity contribution < 1.29 is 5.11 Å². The number of fused-ring (bicyclic) bond motifs is 2. The number of likely N-dealkylation sites (N-methyl/N-ethyl adjacent to an activating group) is 1. The van der Waals surface area contributed by atoms with Crippen molar-refractivity contribution in [2.45, 2.75) is 24.8 Å². The number of rotatable bonds is 1. The van der Waals surface area contributed by atoms with Gasteiger partial charge in [0.05, 0.1) is 0 Å². The van der Waals surface area contributed by atoms with E-state index in [9.17, 15) is 5.11 Å². The average Bonchev–Trinajstić information content (AvgIpc) is 2.85. The molecule has 2 heterocycles. The lowest BCUT2D eigenvalue weighted by molar-refractivity contribution is 0.0772. The number of aliphatic hydroxyl groups excluding tert-OH is 1. The molecule has 0 saturated carbocycles. The largest absolute Gasteiger partial charge is 0.396 e. The number of aliphatic hydroxyl groups is 1. The molecule has 2 aliphatic rings. The highest BCUT2D eigenvalue weighted by atomic mass is 16.3. The van der Waals surface area contributed by atoms with E-state index in [0.717, 1.165) is 19.4 Å². The molecule has 3 atom stereocenters. The van der Waals surface area contributed by atoms with E-state index in [1.54, 1.807) is 0 Å². The minimum Gasteiger partial charge on any atom is -0.396 e. The molecular formula is C16H20N2O. The maximum Gasteiger partial charge on any atom is 0.0471 e. The fourth-order valence-electron chi connectivity index (χ4n) is 4.19. The van der Waals surface area contributed by atoms with Gasteiger partial charge in [-0.3, -0.25) is 0 Å². The van der Waals surface area contributed by atoms with Gasteiger partial charge < -0.3 is 15.0 Å². The van der Waals surface area contributed by atoms with Gasteiger partial charge in [0.25, 0.3) is 0 Å². The topological polar surface area (TPSA) is 39.3 Å². The Morgan fingerprint density at radius 3 is 3.16 bits per heavy atom. The van der Waals surface area contributed by atoms with Crippen LogP contribution in [0.4, 0.5) is 0 Å². The van der Waals surface area contributed by atoms with Crippen LogP contribution in [0.25, 0.3) is 10.9 Å². The van der Waals surface area contributed by atoms with Gasteiger partial charge >= 0.3 is 0 Å². The Morgan fingerprint density at radius 1 is 1.42 bits per heavy atom. The molecule has 0 amide bonds. The number of hydrogen-bond acceptors (Lipinski definition) is 2. The minimum atomic E-state index is 0.309. The Balaban J connectivity index is 1.86. The molecule has 1 aromatic heterocycles. The SMILES string of the molecule is CN1CC(CO)C[C@H]2c3cccc4[nH]cc(c34)C[C@@H]21. The zero-order chi connectivity index (χ0) is 13.0. The van der Waals surface area contributed by atoms with Gasteiger partial charge in [-0.05, 0) is 43.0 Å². The van der Waals surface area contributed by atoms with Crippen LogP contribution in [0.2, 0.25) is 0 Å². The Kier molecular flexibility index (Phi) is 2.47. The molecule has 2 aromatic rings. The molecule has 100 valence electrons. The number of benzene rings is 1. The monoisotopic (exact) mass is 256 g/mol. The van der Waals surface area contributed by atoms with E-state index in [4.69, 9.17) is 0 Å². The molecule has 2 N–H and O–H groups in total. The van der Waals surface area contributed by atoms with Crippen molar-refractivity contribution in [3.05, 3.63) is 35.5 Å². The van der Waals surface area contributed by atoms with Crippen molar-refractivity contribution in [2.75, 3.05) is 20.2 Å². The molecule has 1 fully saturated rings. The van der Waals surface area contributed by atoms with Crippen molar-refractivity contribution in [1.29, 1.82) is 0 Å². The van der Waals surface area contributed by atoms with Gasteiger partial charge in [0.1, 0.15) is 0 Å². The number of hydrogen-bond donors (Lipinski definition) is 2. The highest BCUT2D eigenvalue weighted by Gasteiger charge is 2.38. The highest BCUT2D eigenvalue weighted by molar-refractivity contribution is 5.88. The van der Waals surface area contributed by atoms with Crippen molar-refractivity contribution in [1.82, 2.24) is 9.88 Å². The zero-order valence-electron chi connectivity index (χ0n) is 11.3. The number of aromatic amines is 1. The van der Waals surface area contributed by atoms with Crippen LogP contribution in [0.15, 0.2) is 24.4 Å². The summed E-state index contributed by atoms with van der Waals surface area (Å²) in [5, 5.41) is 11.0. The minimum absolute atomic E-state index is 0.309. The van der Waals surface area contributed by atoms with Gasteiger partial charge in [-0.25, -0.2) is 0 Å². The van der Waals surface area contributed by atoms with Crippen LogP contribution in [-0.4, -0.2) is 41.2 Å². The molecule has 1 saturated heterocycles. The molecule has 0 radical (unpaired) electrons. The number of piperidine rings is 1. The van der Waals surface area contributed by atoms with Crippen LogP contribution in [0.1, 0.15) is 23.5 Å².